The maximum absolute atomic E-state index is 11.5. The molecule has 0 fully saturated rings. The highest BCUT2D eigenvalue weighted by Gasteiger charge is 2.01. The van der Waals surface area contributed by atoms with Crippen LogP contribution >= 0.6 is 0 Å². The topological polar surface area (TPSA) is 67.4 Å². The Morgan fingerprint density at radius 2 is 1.68 bits per heavy atom. The summed E-state index contributed by atoms with van der Waals surface area (Å²) in [4.78, 5) is 22.1. The quantitative estimate of drug-likeness (QED) is 0.691. The van der Waals surface area contributed by atoms with E-state index < -0.39 is 0 Å². The van der Waals surface area contributed by atoms with Gasteiger partial charge in [-0.2, -0.15) is 0 Å². The Bertz CT molecular complexity index is 393. The molecule has 0 radical (unpaired) electrons. The molecule has 0 unspecified atom stereocenters. The number of amides is 2. The van der Waals surface area contributed by atoms with Crippen molar-refractivity contribution in [2.45, 2.75) is 19.8 Å². The van der Waals surface area contributed by atoms with Crippen LogP contribution in [0.1, 0.15) is 19.8 Å². The smallest absolute Gasteiger partial charge is 0.257 e. The van der Waals surface area contributed by atoms with E-state index in [1.165, 1.54) is 6.92 Å². The van der Waals surface area contributed by atoms with E-state index in [0.29, 0.717) is 18.8 Å². The lowest BCUT2D eigenvalue weighted by molar-refractivity contribution is -0.123. The summed E-state index contributed by atoms with van der Waals surface area (Å²) < 4.78 is 5.31. The summed E-state index contributed by atoms with van der Waals surface area (Å²) in [7, 11) is 0. The third-order valence-electron chi connectivity index (χ3n) is 2.41. The molecule has 19 heavy (non-hydrogen) atoms. The van der Waals surface area contributed by atoms with E-state index in [1.54, 1.807) is 12.1 Å². The highest BCUT2D eigenvalue weighted by Crippen LogP contribution is 2.07. The molecule has 2 amide bonds. The Balaban J connectivity index is 2.01. The fourth-order valence-corrected chi connectivity index (χ4v) is 1.46. The average molecular weight is 264 g/mol. The highest BCUT2D eigenvalue weighted by molar-refractivity contribution is 5.77. The summed E-state index contributed by atoms with van der Waals surface area (Å²) in [5, 5.41) is 5.47. The standard InChI is InChI=1S/C14H20N2O3/c1-12(17)15-9-5-6-10-16-14(18)11-19-13-7-3-2-4-8-13/h2-4,7-8H,5-6,9-11H2,1H3,(H,15,17)(H,16,18). The Morgan fingerprint density at radius 3 is 2.32 bits per heavy atom. The Hall–Kier alpha value is -2.04. The monoisotopic (exact) mass is 264 g/mol. The van der Waals surface area contributed by atoms with Crippen molar-refractivity contribution in [3.8, 4) is 5.75 Å². The zero-order valence-corrected chi connectivity index (χ0v) is 11.1. The molecule has 0 heterocycles. The van der Waals surface area contributed by atoms with Crippen molar-refractivity contribution in [3.63, 3.8) is 0 Å². The van der Waals surface area contributed by atoms with Gasteiger partial charge in [0.1, 0.15) is 5.75 Å². The second kappa shape index (κ2) is 8.97. The first kappa shape index (κ1) is 15.0. The van der Waals surface area contributed by atoms with Crippen LogP contribution in [-0.2, 0) is 9.59 Å². The lowest BCUT2D eigenvalue weighted by Crippen LogP contribution is -2.30. The SMILES string of the molecule is CC(=O)NCCCCNC(=O)COc1ccccc1. The molecular weight excluding hydrogens is 244 g/mol. The molecule has 0 aliphatic heterocycles. The van der Waals surface area contributed by atoms with Gasteiger partial charge in [0.05, 0.1) is 0 Å². The van der Waals surface area contributed by atoms with Crippen molar-refractivity contribution >= 4 is 11.8 Å². The fraction of sp³-hybridized carbons (Fsp3) is 0.429. The molecule has 0 aromatic heterocycles. The Kier molecular flexibility index (Phi) is 7.09. The molecule has 104 valence electrons. The lowest BCUT2D eigenvalue weighted by Gasteiger charge is -2.07. The summed E-state index contributed by atoms with van der Waals surface area (Å²) in [6.07, 6.45) is 1.68. The summed E-state index contributed by atoms with van der Waals surface area (Å²) in [5.41, 5.74) is 0. The largest absolute Gasteiger partial charge is 0.484 e. The van der Waals surface area contributed by atoms with Crippen LogP contribution in [0.15, 0.2) is 30.3 Å². The van der Waals surface area contributed by atoms with Gasteiger partial charge in [0.25, 0.3) is 5.91 Å². The first-order chi connectivity index (χ1) is 9.18. The van der Waals surface area contributed by atoms with Crippen molar-refractivity contribution in [1.29, 1.82) is 0 Å². The Labute approximate surface area is 113 Å². The second-order valence-electron chi connectivity index (χ2n) is 4.14. The van der Waals surface area contributed by atoms with Crippen LogP contribution in [0.4, 0.5) is 0 Å². The highest BCUT2D eigenvalue weighted by atomic mass is 16.5. The normalized spacial score (nSPS) is 9.74. The van der Waals surface area contributed by atoms with Crippen molar-refractivity contribution in [2.24, 2.45) is 0 Å². The maximum Gasteiger partial charge on any atom is 0.257 e. The first-order valence-electron chi connectivity index (χ1n) is 6.37. The number of carbonyl (C=O) groups excluding carboxylic acids is 2. The van der Waals surface area contributed by atoms with Crippen LogP contribution in [0.25, 0.3) is 0 Å². The van der Waals surface area contributed by atoms with Gasteiger partial charge in [0.15, 0.2) is 6.61 Å². The van der Waals surface area contributed by atoms with Crippen molar-refractivity contribution in [1.82, 2.24) is 10.6 Å². The van der Waals surface area contributed by atoms with E-state index in [1.807, 2.05) is 18.2 Å². The van der Waals surface area contributed by atoms with Gasteiger partial charge in [-0.1, -0.05) is 18.2 Å². The Morgan fingerprint density at radius 1 is 1.05 bits per heavy atom. The number of hydrogen-bond donors (Lipinski definition) is 2. The average Bonchev–Trinajstić information content (AvgIpc) is 2.41. The van der Waals surface area contributed by atoms with Crippen LogP contribution in [0.5, 0.6) is 5.75 Å². The summed E-state index contributed by atoms with van der Waals surface area (Å²) in [5.74, 6) is 0.520. The van der Waals surface area contributed by atoms with E-state index in [9.17, 15) is 9.59 Å². The zero-order chi connectivity index (χ0) is 13.9. The molecule has 0 bridgehead atoms. The van der Waals surface area contributed by atoms with Gasteiger partial charge in [0, 0.05) is 20.0 Å². The van der Waals surface area contributed by atoms with E-state index in [0.717, 1.165) is 12.8 Å². The maximum atomic E-state index is 11.5. The number of nitrogens with one attached hydrogen (secondary N) is 2. The van der Waals surface area contributed by atoms with E-state index >= 15 is 0 Å². The number of benzene rings is 1. The minimum Gasteiger partial charge on any atom is -0.484 e. The van der Waals surface area contributed by atoms with Gasteiger partial charge in [-0.25, -0.2) is 0 Å². The molecule has 1 aromatic carbocycles. The van der Waals surface area contributed by atoms with Crippen LogP contribution < -0.4 is 15.4 Å². The third kappa shape index (κ3) is 7.81. The molecule has 1 rings (SSSR count). The fourth-order valence-electron chi connectivity index (χ4n) is 1.46. The molecule has 1 aromatic rings. The van der Waals surface area contributed by atoms with Gasteiger partial charge in [0.2, 0.25) is 5.91 Å². The summed E-state index contributed by atoms with van der Waals surface area (Å²) in [6, 6.07) is 9.22. The zero-order valence-electron chi connectivity index (χ0n) is 11.1. The van der Waals surface area contributed by atoms with Gasteiger partial charge < -0.3 is 15.4 Å². The van der Waals surface area contributed by atoms with Crippen molar-refractivity contribution in [2.75, 3.05) is 19.7 Å². The predicted molar refractivity (Wildman–Crippen MR) is 72.9 cm³/mol. The van der Waals surface area contributed by atoms with Gasteiger partial charge in [-0.05, 0) is 25.0 Å². The van der Waals surface area contributed by atoms with Crippen LogP contribution in [0, 0.1) is 0 Å². The number of hydrogen-bond acceptors (Lipinski definition) is 3. The summed E-state index contributed by atoms with van der Waals surface area (Å²) in [6.45, 7) is 2.75. The summed E-state index contributed by atoms with van der Waals surface area (Å²) >= 11 is 0. The van der Waals surface area contributed by atoms with Crippen molar-refractivity contribution < 1.29 is 14.3 Å². The molecule has 0 aliphatic rings. The number of para-hydroxylation sites is 1. The molecule has 5 heteroatoms. The minimum absolute atomic E-state index is 0.0235. The molecular formula is C14H20N2O3. The predicted octanol–water partition coefficient (Wildman–Crippen LogP) is 1.10. The molecule has 5 nitrogen and oxygen atoms in total. The van der Waals surface area contributed by atoms with E-state index in [-0.39, 0.29) is 18.4 Å². The number of unbranched alkanes of at least 4 members (excludes halogenated alkanes) is 1. The van der Waals surface area contributed by atoms with Gasteiger partial charge >= 0.3 is 0 Å². The van der Waals surface area contributed by atoms with Gasteiger partial charge in [-0.3, -0.25) is 9.59 Å². The van der Waals surface area contributed by atoms with Gasteiger partial charge in [-0.15, -0.1) is 0 Å². The van der Waals surface area contributed by atoms with Crippen LogP contribution in [0.3, 0.4) is 0 Å². The molecule has 0 saturated carbocycles. The van der Waals surface area contributed by atoms with Crippen LogP contribution in [0.2, 0.25) is 0 Å². The molecule has 0 atom stereocenters. The van der Waals surface area contributed by atoms with Crippen LogP contribution in [-0.4, -0.2) is 31.5 Å². The molecule has 0 aliphatic carbocycles. The number of rotatable bonds is 8. The third-order valence-corrected chi connectivity index (χ3v) is 2.41. The molecule has 0 spiro atoms. The minimum atomic E-state index is -0.136. The lowest BCUT2D eigenvalue weighted by atomic mass is 10.3. The second-order valence-corrected chi connectivity index (χ2v) is 4.14. The molecule has 0 saturated heterocycles. The van der Waals surface area contributed by atoms with E-state index in [4.69, 9.17) is 4.74 Å². The first-order valence-corrected chi connectivity index (χ1v) is 6.37. The molecule has 2 N–H and O–H groups in total. The number of ether oxygens (including phenoxy) is 1. The van der Waals surface area contributed by atoms with E-state index in [2.05, 4.69) is 10.6 Å². The number of carbonyl (C=O) groups is 2. The van der Waals surface area contributed by atoms with Crippen molar-refractivity contribution in [3.05, 3.63) is 30.3 Å².